The highest BCUT2D eigenvalue weighted by atomic mass is 19.1. The molecular weight excluding hydrogens is 105 g/mol. The fourth-order valence-electron chi connectivity index (χ4n) is 0.845. The molecule has 1 aliphatic heterocycles. The number of rotatable bonds is 0. The van der Waals surface area contributed by atoms with Crippen LogP contribution in [0.2, 0.25) is 0 Å². The molecule has 0 amide bonds. The zero-order valence-corrected chi connectivity index (χ0v) is 4.86. The third-order valence-electron chi connectivity index (χ3n) is 1.31. The smallest absolute Gasteiger partial charge is 0.113 e. The van der Waals surface area contributed by atoms with E-state index in [0.29, 0.717) is 13.0 Å². The van der Waals surface area contributed by atoms with Gasteiger partial charge in [0.15, 0.2) is 0 Å². The Hall–Kier alpha value is -0.110. The number of halogens is 1. The molecule has 47 valence electrons. The SMILES string of the molecule is FC1C[CH]CCNC1. The molecule has 0 bridgehead atoms. The first-order valence-electron chi connectivity index (χ1n) is 3.06. The van der Waals surface area contributed by atoms with Crippen LogP contribution in [0, 0.1) is 6.42 Å². The lowest BCUT2D eigenvalue weighted by molar-refractivity contribution is 0.328. The van der Waals surface area contributed by atoms with E-state index in [-0.39, 0.29) is 0 Å². The standard InChI is InChI=1S/C6H11FN/c7-6-3-1-2-4-8-5-6/h1,6,8H,2-5H2. The van der Waals surface area contributed by atoms with Crippen molar-refractivity contribution in [3.8, 4) is 0 Å². The molecule has 0 aliphatic carbocycles. The van der Waals surface area contributed by atoms with Gasteiger partial charge >= 0.3 is 0 Å². The summed E-state index contributed by atoms with van der Waals surface area (Å²) in [5.74, 6) is 0. The van der Waals surface area contributed by atoms with Crippen molar-refractivity contribution in [2.45, 2.75) is 19.0 Å². The molecule has 1 fully saturated rings. The molecule has 0 spiro atoms. The molecule has 0 aromatic rings. The molecule has 8 heavy (non-hydrogen) atoms. The zero-order valence-electron chi connectivity index (χ0n) is 4.86. The summed E-state index contributed by atoms with van der Waals surface area (Å²) in [7, 11) is 0. The van der Waals surface area contributed by atoms with E-state index in [1.807, 2.05) is 6.42 Å². The minimum absolute atomic E-state index is 0.538. The van der Waals surface area contributed by atoms with E-state index in [0.717, 1.165) is 13.0 Å². The van der Waals surface area contributed by atoms with Crippen LogP contribution < -0.4 is 5.32 Å². The quantitative estimate of drug-likeness (QED) is 0.496. The first-order chi connectivity index (χ1) is 3.89. The van der Waals surface area contributed by atoms with Gasteiger partial charge in [0.25, 0.3) is 0 Å². The van der Waals surface area contributed by atoms with E-state index in [9.17, 15) is 4.39 Å². The van der Waals surface area contributed by atoms with Gasteiger partial charge < -0.3 is 5.32 Å². The van der Waals surface area contributed by atoms with Crippen LogP contribution in [0.25, 0.3) is 0 Å². The monoisotopic (exact) mass is 116 g/mol. The summed E-state index contributed by atoms with van der Waals surface area (Å²) in [6.45, 7) is 1.48. The van der Waals surface area contributed by atoms with Crippen molar-refractivity contribution in [2.24, 2.45) is 0 Å². The second-order valence-corrected chi connectivity index (χ2v) is 2.11. The lowest BCUT2D eigenvalue weighted by atomic mass is 10.2. The third kappa shape index (κ3) is 1.78. The van der Waals surface area contributed by atoms with Crippen molar-refractivity contribution in [1.82, 2.24) is 5.32 Å². The van der Waals surface area contributed by atoms with Gasteiger partial charge in [-0.2, -0.15) is 0 Å². The first kappa shape index (κ1) is 6.02. The van der Waals surface area contributed by atoms with E-state index in [2.05, 4.69) is 5.32 Å². The molecular formula is C6H11FN. The van der Waals surface area contributed by atoms with Crippen molar-refractivity contribution in [1.29, 1.82) is 0 Å². The number of nitrogens with one attached hydrogen (secondary N) is 1. The molecule has 1 nitrogen and oxygen atoms in total. The minimum Gasteiger partial charge on any atom is -0.314 e. The molecule has 1 saturated heterocycles. The minimum atomic E-state index is -0.641. The average molecular weight is 116 g/mol. The van der Waals surface area contributed by atoms with Crippen molar-refractivity contribution < 1.29 is 4.39 Å². The van der Waals surface area contributed by atoms with E-state index in [1.165, 1.54) is 0 Å². The lowest BCUT2D eigenvalue weighted by Gasteiger charge is -1.99. The Morgan fingerprint density at radius 3 is 3.38 bits per heavy atom. The number of alkyl halides is 1. The van der Waals surface area contributed by atoms with E-state index in [1.54, 1.807) is 0 Å². The Morgan fingerprint density at radius 2 is 2.50 bits per heavy atom. The van der Waals surface area contributed by atoms with Crippen LogP contribution in [0.4, 0.5) is 4.39 Å². The van der Waals surface area contributed by atoms with Crippen LogP contribution in [-0.2, 0) is 0 Å². The third-order valence-corrected chi connectivity index (χ3v) is 1.31. The predicted octanol–water partition coefficient (Wildman–Crippen LogP) is 0.912. The van der Waals surface area contributed by atoms with Gasteiger partial charge in [-0.1, -0.05) is 0 Å². The number of hydrogen-bond acceptors (Lipinski definition) is 1. The van der Waals surface area contributed by atoms with Crippen molar-refractivity contribution in [2.75, 3.05) is 13.1 Å². The molecule has 1 unspecified atom stereocenters. The Bertz CT molecular complexity index is 57.5. The average Bonchev–Trinajstić information content (AvgIpc) is 1.94. The molecule has 1 N–H and O–H groups in total. The van der Waals surface area contributed by atoms with E-state index in [4.69, 9.17) is 0 Å². The van der Waals surface area contributed by atoms with Gasteiger partial charge in [-0.05, 0) is 25.8 Å². The predicted molar refractivity (Wildman–Crippen MR) is 31.3 cm³/mol. The largest absolute Gasteiger partial charge is 0.314 e. The van der Waals surface area contributed by atoms with Gasteiger partial charge in [0.05, 0.1) is 0 Å². The summed E-state index contributed by atoms with van der Waals surface area (Å²) in [6.07, 6.45) is 3.01. The molecule has 1 radical (unpaired) electrons. The van der Waals surface area contributed by atoms with Gasteiger partial charge in [0.1, 0.15) is 6.17 Å². The Labute approximate surface area is 49.3 Å². The Morgan fingerprint density at radius 1 is 1.62 bits per heavy atom. The maximum absolute atomic E-state index is 12.3. The van der Waals surface area contributed by atoms with Crippen LogP contribution in [-0.4, -0.2) is 19.3 Å². The fourth-order valence-corrected chi connectivity index (χ4v) is 0.845. The second-order valence-electron chi connectivity index (χ2n) is 2.11. The van der Waals surface area contributed by atoms with Gasteiger partial charge in [0, 0.05) is 6.54 Å². The maximum Gasteiger partial charge on any atom is 0.113 e. The molecule has 0 saturated carbocycles. The summed E-state index contributed by atoms with van der Waals surface area (Å²) in [4.78, 5) is 0. The Balaban J connectivity index is 2.17. The van der Waals surface area contributed by atoms with Crippen molar-refractivity contribution >= 4 is 0 Å². The number of hydrogen-bond donors (Lipinski definition) is 1. The first-order valence-corrected chi connectivity index (χ1v) is 3.06. The molecule has 1 aliphatic rings. The van der Waals surface area contributed by atoms with Gasteiger partial charge in [-0.15, -0.1) is 0 Å². The highest BCUT2D eigenvalue weighted by Gasteiger charge is 2.08. The fraction of sp³-hybridized carbons (Fsp3) is 0.833. The van der Waals surface area contributed by atoms with Crippen molar-refractivity contribution in [3.63, 3.8) is 0 Å². The van der Waals surface area contributed by atoms with E-state index >= 15 is 0 Å². The molecule has 1 heterocycles. The summed E-state index contributed by atoms with van der Waals surface area (Å²) in [5, 5.41) is 2.99. The highest BCUT2D eigenvalue weighted by Crippen LogP contribution is 2.04. The summed E-state index contributed by atoms with van der Waals surface area (Å²) in [6, 6.07) is 0. The van der Waals surface area contributed by atoms with Crippen LogP contribution in [0.3, 0.4) is 0 Å². The Kier molecular flexibility index (Phi) is 2.27. The topological polar surface area (TPSA) is 12.0 Å². The van der Waals surface area contributed by atoms with Gasteiger partial charge in [0.2, 0.25) is 0 Å². The van der Waals surface area contributed by atoms with Crippen LogP contribution in [0.15, 0.2) is 0 Å². The van der Waals surface area contributed by atoms with Crippen LogP contribution >= 0.6 is 0 Å². The molecule has 1 atom stereocenters. The highest BCUT2D eigenvalue weighted by molar-refractivity contribution is 4.77. The van der Waals surface area contributed by atoms with Crippen molar-refractivity contribution in [3.05, 3.63) is 6.42 Å². The lowest BCUT2D eigenvalue weighted by Crippen LogP contribution is -2.20. The van der Waals surface area contributed by atoms with Crippen LogP contribution in [0.5, 0.6) is 0 Å². The zero-order chi connectivity index (χ0) is 5.82. The molecule has 1 rings (SSSR count). The van der Waals surface area contributed by atoms with Gasteiger partial charge in [-0.3, -0.25) is 0 Å². The molecule has 2 heteroatoms. The van der Waals surface area contributed by atoms with E-state index < -0.39 is 6.17 Å². The second kappa shape index (κ2) is 3.02. The summed E-state index contributed by atoms with van der Waals surface area (Å²) >= 11 is 0. The molecule has 0 aromatic carbocycles. The van der Waals surface area contributed by atoms with Crippen LogP contribution in [0.1, 0.15) is 12.8 Å². The maximum atomic E-state index is 12.3. The summed E-state index contributed by atoms with van der Waals surface area (Å²) in [5.41, 5.74) is 0. The normalized spacial score (nSPS) is 31.9. The molecule has 0 aromatic heterocycles. The van der Waals surface area contributed by atoms with Gasteiger partial charge in [-0.25, -0.2) is 4.39 Å². The summed E-state index contributed by atoms with van der Waals surface area (Å²) < 4.78 is 12.3.